The number of hydrogen-bond acceptors (Lipinski definition) is 4. The Morgan fingerprint density at radius 2 is 2.29 bits per heavy atom. The number of nitrogens with one attached hydrogen (secondary N) is 1. The molecule has 2 atom stereocenters. The highest BCUT2D eigenvalue weighted by Gasteiger charge is 2.44. The predicted molar refractivity (Wildman–Crippen MR) is 64.6 cm³/mol. The molecule has 0 aromatic carbocycles. The van der Waals surface area contributed by atoms with Gasteiger partial charge in [0.2, 0.25) is 0 Å². The third-order valence-electron chi connectivity index (χ3n) is 3.50. The van der Waals surface area contributed by atoms with Crippen molar-refractivity contribution in [2.75, 3.05) is 6.61 Å². The number of aromatic nitrogens is 2. The van der Waals surface area contributed by atoms with Gasteiger partial charge in [-0.1, -0.05) is 19.0 Å². The van der Waals surface area contributed by atoms with E-state index in [9.17, 15) is 4.91 Å². The van der Waals surface area contributed by atoms with Crippen molar-refractivity contribution in [2.24, 2.45) is 10.6 Å². The summed E-state index contributed by atoms with van der Waals surface area (Å²) in [4.78, 5) is 11.0. The monoisotopic (exact) mass is 237 g/mol. The molecule has 0 fully saturated rings. The number of aryl methyl sites for hydroxylation is 1. The van der Waals surface area contributed by atoms with Gasteiger partial charge in [-0.05, 0) is 25.7 Å². The minimum absolute atomic E-state index is 0.0644. The summed E-state index contributed by atoms with van der Waals surface area (Å²) in [6, 6.07) is -0.310. The van der Waals surface area contributed by atoms with E-state index in [0.29, 0.717) is 13.0 Å². The summed E-state index contributed by atoms with van der Waals surface area (Å²) in [6.07, 6.45) is 0.639. The van der Waals surface area contributed by atoms with Crippen molar-refractivity contribution in [3.05, 3.63) is 21.9 Å². The molecule has 0 spiro atoms. The molecule has 0 radical (unpaired) electrons. The lowest BCUT2D eigenvalue weighted by Gasteiger charge is -2.39. The molecular formula is C12H19N3O2. The third-order valence-corrected chi connectivity index (χ3v) is 3.50. The molecule has 2 rings (SSSR count). The zero-order valence-electron chi connectivity index (χ0n) is 10.8. The maximum Gasteiger partial charge on any atom is 0.121 e. The summed E-state index contributed by atoms with van der Waals surface area (Å²) in [5, 5.41) is 10.5. The Labute approximate surface area is 101 Å². The minimum atomic E-state index is -0.310. The molecule has 0 saturated carbocycles. The van der Waals surface area contributed by atoms with Gasteiger partial charge in [0.05, 0.1) is 5.69 Å². The highest BCUT2D eigenvalue weighted by Crippen LogP contribution is 2.50. The molecule has 17 heavy (non-hydrogen) atoms. The van der Waals surface area contributed by atoms with Crippen molar-refractivity contribution in [1.82, 2.24) is 10.2 Å². The van der Waals surface area contributed by atoms with E-state index in [-0.39, 0.29) is 17.6 Å². The van der Waals surface area contributed by atoms with Crippen molar-refractivity contribution in [2.45, 2.75) is 46.3 Å². The van der Waals surface area contributed by atoms with Crippen molar-refractivity contribution < 1.29 is 4.74 Å². The lowest BCUT2D eigenvalue weighted by atomic mass is 9.72. The number of H-pyrrole nitrogens is 1. The first-order valence-corrected chi connectivity index (χ1v) is 6.00. The van der Waals surface area contributed by atoms with Crippen molar-refractivity contribution in [3.8, 4) is 0 Å². The highest BCUT2D eigenvalue weighted by atomic mass is 16.5. The van der Waals surface area contributed by atoms with Crippen LogP contribution in [0.15, 0.2) is 5.18 Å². The molecule has 0 bridgehead atoms. The van der Waals surface area contributed by atoms with Crippen molar-refractivity contribution >= 4 is 0 Å². The zero-order chi connectivity index (χ0) is 12.6. The summed E-state index contributed by atoms with van der Waals surface area (Å²) in [7, 11) is 0. The minimum Gasteiger partial charge on any atom is -0.372 e. The number of hydrogen-bond donors (Lipinski definition) is 1. The van der Waals surface area contributed by atoms with Crippen LogP contribution in [0.25, 0.3) is 0 Å². The second-order valence-electron chi connectivity index (χ2n) is 5.30. The van der Waals surface area contributed by atoms with Crippen LogP contribution in [0.2, 0.25) is 0 Å². The van der Waals surface area contributed by atoms with E-state index in [1.54, 1.807) is 0 Å². The van der Waals surface area contributed by atoms with Gasteiger partial charge in [-0.2, -0.15) is 10.0 Å². The van der Waals surface area contributed by atoms with Gasteiger partial charge in [0.1, 0.15) is 12.1 Å². The summed E-state index contributed by atoms with van der Waals surface area (Å²) < 4.78 is 5.80. The Morgan fingerprint density at radius 3 is 2.88 bits per heavy atom. The van der Waals surface area contributed by atoms with Crippen LogP contribution in [0.1, 0.15) is 56.3 Å². The van der Waals surface area contributed by atoms with Crippen molar-refractivity contribution in [1.29, 1.82) is 0 Å². The van der Waals surface area contributed by atoms with E-state index < -0.39 is 0 Å². The maximum atomic E-state index is 11.0. The summed E-state index contributed by atoms with van der Waals surface area (Å²) in [6.45, 7) is 8.72. The molecule has 1 aromatic rings. The fraction of sp³-hybridized carbons (Fsp3) is 0.750. The normalized spacial score (nSPS) is 26.6. The topological polar surface area (TPSA) is 67.3 Å². The van der Waals surface area contributed by atoms with Crippen LogP contribution < -0.4 is 0 Å². The molecule has 1 N–H and O–H groups in total. The lowest BCUT2D eigenvalue weighted by Crippen LogP contribution is -2.32. The second-order valence-corrected chi connectivity index (χ2v) is 5.30. The second kappa shape index (κ2) is 4.22. The van der Waals surface area contributed by atoms with Gasteiger partial charge in [-0.3, -0.25) is 5.10 Å². The Bertz CT molecular complexity index is 425. The van der Waals surface area contributed by atoms with Crippen LogP contribution in [0.5, 0.6) is 0 Å². The first-order valence-electron chi connectivity index (χ1n) is 6.00. The zero-order valence-corrected chi connectivity index (χ0v) is 10.8. The number of nitroso groups, excluding NO2 is 1. The molecule has 5 nitrogen and oxygen atoms in total. The number of ether oxygens (including phenoxy) is 1. The number of rotatable bonds is 3. The molecule has 94 valence electrons. The van der Waals surface area contributed by atoms with Crippen molar-refractivity contribution in [3.63, 3.8) is 0 Å². The largest absolute Gasteiger partial charge is 0.372 e. The SMILES string of the molecule is CCOC1c2n[nH]c(C)c2C(N=O)CC1(C)C. The first-order chi connectivity index (χ1) is 8.01. The molecule has 0 amide bonds. The Balaban J connectivity index is 2.50. The van der Waals surface area contributed by atoms with Gasteiger partial charge in [-0.25, -0.2) is 0 Å². The third kappa shape index (κ3) is 1.88. The predicted octanol–water partition coefficient (Wildman–Crippen LogP) is 3.03. The van der Waals surface area contributed by atoms with E-state index in [1.165, 1.54) is 0 Å². The summed E-state index contributed by atoms with van der Waals surface area (Å²) in [5.74, 6) is 0. The van der Waals surface area contributed by atoms with E-state index >= 15 is 0 Å². The average Bonchev–Trinajstić information content (AvgIpc) is 2.64. The fourth-order valence-electron chi connectivity index (χ4n) is 2.72. The van der Waals surface area contributed by atoms with Gasteiger partial charge in [0.15, 0.2) is 0 Å². The van der Waals surface area contributed by atoms with Gasteiger partial charge in [0.25, 0.3) is 0 Å². The highest BCUT2D eigenvalue weighted by molar-refractivity contribution is 5.34. The standard InChI is InChI=1S/C12H19N3O2/c1-5-17-11-10-9(7(2)13-14-10)8(15-16)6-12(11,3)4/h8,11H,5-6H2,1-4H3,(H,13,14). The van der Waals surface area contributed by atoms with Crippen LogP contribution in [-0.4, -0.2) is 16.8 Å². The number of aromatic amines is 1. The van der Waals surface area contributed by atoms with E-state index in [1.807, 2.05) is 13.8 Å². The molecule has 0 aliphatic heterocycles. The fourth-order valence-corrected chi connectivity index (χ4v) is 2.72. The Morgan fingerprint density at radius 1 is 1.59 bits per heavy atom. The molecule has 1 aromatic heterocycles. The number of fused-ring (bicyclic) bond motifs is 1. The van der Waals surface area contributed by atoms with E-state index in [0.717, 1.165) is 17.0 Å². The van der Waals surface area contributed by atoms with Crippen LogP contribution in [-0.2, 0) is 4.74 Å². The quantitative estimate of drug-likeness (QED) is 0.821. The summed E-state index contributed by atoms with van der Waals surface area (Å²) in [5.41, 5.74) is 2.58. The molecular weight excluding hydrogens is 218 g/mol. The molecule has 1 aliphatic rings. The molecule has 1 aliphatic carbocycles. The molecule has 1 heterocycles. The van der Waals surface area contributed by atoms with E-state index in [2.05, 4.69) is 29.2 Å². The van der Waals surface area contributed by atoms with Gasteiger partial charge >= 0.3 is 0 Å². The van der Waals surface area contributed by atoms with Gasteiger partial charge in [0, 0.05) is 17.9 Å². The molecule has 2 unspecified atom stereocenters. The number of nitrogens with zero attached hydrogens (tertiary/aromatic N) is 2. The van der Waals surface area contributed by atoms with Crippen LogP contribution >= 0.6 is 0 Å². The first kappa shape index (κ1) is 12.2. The van der Waals surface area contributed by atoms with Gasteiger partial charge < -0.3 is 4.74 Å². The molecule has 5 heteroatoms. The summed E-state index contributed by atoms with van der Waals surface area (Å²) >= 11 is 0. The van der Waals surface area contributed by atoms with Crippen LogP contribution in [0.3, 0.4) is 0 Å². The van der Waals surface area contributed by atoms with Gasteiger partial charge in [-0.15, -0.1) is 0 Å². The average molecular weight is 237 g/mol. The lowest BCUT2D eigenvalue weighted by molar-refractivity contribution is -0.0394. The van der Waals surface area contributed by atoms with Crippen LogP contribution in [0.4, 0.5) is 0 Å². The van der Waals surface area contributed by atoms with E-state index in [4.69, 9.17) is 4.74 Å². The Hall–Kier alpha value is -1.23. The Kier molecular flexibility index (Phi) is 3.03. The molecule has 0 saturated heterocycles. The smallest absolute Gasteiger partial charge is 0.121 e. The van der Waals surface area contributed by atoms with Crippen LogP contribution in [0, 0.1) is 17.2 Å². The maximum absolute atomic E-state index is 11.0.